The maximum atomic E-state index is 13.0. The number of aromatic nitrogens is 1. The summed E-state index contributed by atoms with van der Waals surface area (Å²) in [5, 5.41) is 10.6. The number of carbonyl (C=O) groups is 1. The van der Waals surface area contributed by atoms with Gasteiger partial charge in [0.15, 0.2) is 8.32 Å². The Balaban J connectivity index is 2.75. The van der Waals surface area contributed by atoms with Crippen LogP contribution in [0.15, 0.2) is 23.1 Å². The van der Waals surface area contributed by atoms with Crippen molar-refractivity contribution in [2.45, 2.75) is 64.1 Å². The van der Waals surface area contributed by atoms with Gasteiger partial charge in [-0.25, -0.2) is 4.79 Å². The minimum Gasteiger partial charge on any atom is -0.496 e. The summed E-state index contributed by atoms with van der Waals surface area (Å²) in [5.74, 6) is -0.433. The molecule has 0 saturated carbocycles. The summed E-state index contributed by atoms with van der Waals surface area (Å²) in [6, 6.07) is 3.40. The van der Waals surface area contributed by atoms with Crippen LogP contribution in [0.25, 0.3) is 10.9 Å². The summed E-state index contributed by atoms with van der Waals surface area (Å²) in [4.78, 5) is 24.8. The summed E-state index contributed by atoms with van der Waals surface area (Å²) in [6.45, 7) is 15.6. The van der Waals surface area contributed by atoms with Crippen LogP contribution in [-0.4, -0.2) is 37.7 Å². The molecule has 0 aliphatic heterocycles. The Labute approximate surface area is 193 Å². The Morgan fingerprint density at radius 3 is 2.32 bits per heavy atom. The molecule has 0 saturated heterocycles. The van der Waals surface area contributed by atoms with Crippen molar-refractivity contribution in [3.63, 3.8) is 0 Å². The molecule has 1 atom stereocenters. The molecule has 0 spiro atoms. The Kier molecular flexibility index (Phi) is 7.82. The summed E-state index contributed by atoms with van der Waals surface area (Å²) < 4.78 is 13.9. The first-order valence-corrected chi connectivity index (χ1v) is 14.5. The first kappa shape index (κ1) is 25.6. The highest BCUT2D eigenvalue weighted by molar-refractivity contribution is 9.08. The number of pyridine rings is 1. The number of alkyl halides is 1. The van der Waals surface area contributed by atoms with E-state index in [9.17, 15) is 14.7 Å². The molecule has 2 aromatic rings. The Hall–Kier alpha value is -1.64. The number of aromatic carboxylic acids is 1. The summed E-state index contributed by atoms with van der Waals surface area (Å²) in [5.41, 5.74) is 0.710. The zero-order valence-electron chi connectivity index (χ0n) is 19.7. The first-order chi connectivity index (χ1) is 14.2. The molecule has 2 rings (SSSR count). The van der Waals surface area contributed by atoms with Crippen molar-refractivity contribution in [2.75, 3.05) is 13.7 Å². The van der Waals surface area contributed by atoms with Crippen LogP contribution >= 0.6 is 15.9 Å². The maximum Gasteiger partial charge on any atom is 0.341 e. The van der Waals surface area contributed by atoms with E-state index in [1.807, 2.05) is 10.6 Å². The van der Waals surface area contributed by atoms with Crippen molar-refractivity contribution in [3.05, 3.63) is 39.7 Å². The average Bonchev–Trinajstić information content (AvgIpc) is 2.67. The van der Waals surface area contributed by atoms with E-state index >= 15 is 0 Å². The van der Waals surface area contributed by atoms with Crippen molar-refractivity contribution in [2.24, 2.45) is 5.92 Å². The molecule has 1 aromatic carbocycles. The standard InChI is InChI=1S/C23H34BrNO5Si/c1-14(2)19(13-30-31(7,8)23(3,4)5)25-12-17(22(27)28)21(26)16-9-15(11-24)20(29-6)10-18(16)25/h9-10,12,14,19H,11,13H2,1-8H3,(H,27,28). The fraction of sp³-hybridized carbons (Fsp3) is 0.565. The lowest BCUT2D eigenvalue weighted by Gasteiger charge is -2.38. The minimum absolute atomic E-state index is 0.0559. The third-order valence-corrected chi connectivity index (χ3v) is 11.5. The van der Waals surface area contributed by atoms with Crippen LogP contribution in [0.4, 0.5) is 0 Å². The Morgan fingerprint density at radius 2 is 1.87 bits per heavy atom. The number of methoxy groups -OCH3 is 1. The van der Waals surface area contributed by atoms with Gasteiger partial charge >= 0.3 is 5.97 Å². The number of ether oxygens (including phenoxy) is 1. The molecule has 1 N–H and O–H groups in total. The van der Waals surface area contributed by atoms with E-state index < -0.39 is 19.7 Å². The average molecular weight is 513 g/mol. The van der Waals surface area contributed by atoms with Gasteiger partial charge in [0.1, 0.15) is 11.3 Å². The lowest BCUT2D eigenvalue weighted by atomic mass is 10.0. The number of halogens is 1. The molecule has 0 bridgehead atoms. The SMILES string of the molecule is COc1cc2c(cc1CBr)c(=O)c(C(=O)O)cn2C(CO[Si](C)(C)C(C)(C)C)C(C)C. The van der Waals surface area contributed by atoms with Gasteiger partial charge in [-0.05, 0) is 30.1 Å². The molecular formula is C23H34BrNO5Si. The third kappa shape index (κ3) is 5.23. The van der Waals surface area contributed by atoms with Gasteiger partial charge < -0.3 is 18.8 Å². The van der Waals surface area contributed by atoms with E-state index in [0.717, 1.165) is 5.56 Å². The van der Waals surface area contributed by atoms with E-state index in [4.69, 9.17) is 9.16 Å². The van der Waals surface area contributed by atoms with Crippen molar-refractivity contribution < 1.29 is 19.1 Å². The van der Waals surface area contributed by atoms with Crippen LogP contribution in [-0.2, 0) is 9.76 Å². The van der Waals surface area contributed by atoms with Crippen LogP contribution in [0.5, 0.6) is 5.75 Å². The number of fused-ring (bicyclic) bond motifs is 1. The molecule has 0 aliphatic rings. The maximum absolute atomic E-state index is 13.0. The normalized spacial score (nSPS) is 13.6. The highest BCUT2D eigenvalue weighted by Gasteiger charge is 2.38. The number of rotatable bonds is 8. The predicted molar refractivity (Wildman–Crippen MR) is 131 cm³/mol. The van der Waals surface area contributed by atoms with Gasteiger partial charge in [-0.15, -0.1) is 0 Å². The molecule has 1 unspecified atom stereocenters. The molecular weight excluding hydrogens is 478 g/mol. The van der Waals surface area contributed by atoms with E-state index in [1.165, 1.54) is 6.20 Å². The third-order valence-electron chi connectivity index (χ3n) is 6.36. The molecule has 31 heavy (non-hydrogen) atoms. The highest BCUT2D eigenvalue weighted by atomic mass is 79.9. The number of benzene rings is 1. The van der Waals surface area contributed by atoms with E-state index in [-0.39, 0.29) is 22.6 Å². The number of carboxylic acid groups (broad SMARTS) is 1. The van der Waals surface area contributed by atoms with Gasteiger partial charge in [0.2, 0.25) is 5.43 Å². The smallest absolute Gasteiger partial charge is 0.341 e. The monoisotopic (exact) mass is 511 g/mol. The summed E-state index contributed by atoms with van der Waals surface area (Å²) in [6.07, 6.45) is 1.46. The first-order valence-electron chi connectivity index (χ1n) is 10.4. The van der Waals surface area contributed by atoms with Crippen molar-refractivity contribution in [3.8, 4) is 5.75 Å². The molecule has 1 aromatic heterocycles. The topological polar surface area (TPSA) is 77.8 Å². The molecule has 172 valence electrons. The molecule has 1 heterocycles. The highest BCUT2D eigenvalue weighted by Crippen LogP contribution is 2.38. The second kappa shape index (κ2) is 9.46. The van der Waals surface area contributed by atoms with Crippen LogP contribution in [0.3, 0.4) is 0 Å². The van der Waals surface area contributed by atoms with Crippen LogP contribution < -0.4 is 10.2 Å². The molecule has 6 nitrogen and oxygen atoms in total. The van der Waals surface area contributed by atoms with Crippen molar-refractivity contribution in [1.29, 1.82) is 0 Å². The zero-order chi connectivity index (χ0) is 23.7. The Bertz CT molecular complexity index is 1020. The molecule has 0 fully saturated rings. The van der Waals surface area contributed by atoms with Gasteiger partial charge in [-0.3, -0.25) is 4.79 Å². The van der Waals surface area contributed by atoms with Crippen LogP contribution in [0, 0.1) is 5.92 Å². The number of carboxylic acids is 1. The second-order valence-electron chi connectivity index (χ2n) is 9.78. The molecule has 8 heteroatoms. The molecule has 0 amide bonds. The number of hydrogen-bond donors (Lipinski definition) is 1. The quantitative estimate of drug-likeness (QED) is 0.356. The fourth-order valence-electron chi connectivity index (χ4n) is 3.25. The number of nitrogens with zero attached hydrogens (tertiary/aromatic N) is 1. The van der Waals surface area contributed by atoms with Gasteiger partial charge in [-0.1, -0.05) is 50.5 Å². The van der Waals surface area contributed by atoms with Crippen molar-refractivity contribution >= 4 is 41.1 Å². The van der Waals surface area contributed by atoms with Crippen LogP contribution in [0.1, 0.15) is 56.6 Å². The van der Waals surface area contributed by atoms with Gasteiger partial charge in [-0.2, -0.15) is 0 Å². The van der Waals surface area contributed by atoms with Crippen molar-refractivity contribution in [1.82, 2.24) is 4.57 Å². The van der Waals surface area contributed by atoms with Crippen LogP contribution in [0.2, 0.25) is 18.1 Å². The van der Waals surface area contributed by atoms with Gasteiger partial charge in [0.05, 0.1) is 25.3 Å². The lowest BCUT2D eigenvalue weighted by Crippen LogP contribution is -2.42. The lowest BCUT2D eigenvalue weighted by molar-refractivity contribution is 0.0694. The number of hydrogen-bond acceptors (Lipinski definition) is 4. The predicted octanol–water partition coefficient (Wildman–Crippen LogP) is 5.82. The summed E-state index contributed by atoms with van der Waals surface area (Å²) in [7, 11) is -0.430. The largest absolute Gasteiger partial charge is 0.496 e. The molecule has 0 aliphatic carbocycles. The second-order valence-corrected chi connectivity index (χ2v) is 15.2. The zero-order valence-corrected chi connectivity index (χ0v) is 22.3. The summed E-state index contributed by atoms with van der Waals surface area (Å²) >= 11 is 3.42. The molecule has 0 radical (unpaired) electrons. The van der Waals surface area contributed by atoms with E-state index in [0.29, 0.717) is 28.6 Å². The van der Waals surface area contributed by atoms with Gasteiger partial charge in [0, 0.05) is 28.5 Å². The fourth-order valence-corrected chi connectivity index (χ4v) is 4.71. The van der Waals surface area contributed by atoms with E-state index in [2.05, 4.69) is 63.6 Å². The minimum atomic E-state index is -2.02. The van der Waals surface area contributed by atoms with E-state index in [1.54, 1.807) is 13.2 Å². The Morgan fingerprint density at radius 1 is 1.26 bits per heavy atom. The van der Waals surface area contributed by atoms with Gasteiger partial charge in [0.25, 0.3) is 0 Å².